The largest absolute Gasteiger partial charge is 0.344 e. The molecule has 0 fully saturated rings. The topological polar surface area (TPSA) is 55.1 Å². The number of amides is 1. The van der Waals surface area contributed by atoms with Crippen LogP contribution in [0.2, 0.25) is 0 Å². The Morgan fingerprint density at radius 3 is 2.15 bits per heavy atom. The molecular weight excluding hydrogens is 178 g/mol. The highest BCUT2D eigenvalue weighted by atomic mass is 19.3. The zero-order valence-electron chi connectivity index (χ0n) is 7.94. The van der Waals surface area contributed by atoms with Gasteiger partial charge in [-0.3, -0.25) is 4.79 Å². The predicted octanol–water partition coefficient (Wildman–Crippen LogP) is 0.885. The normalized spacial score (nSPS) is 11.8. The molecule has 5 heteroatoms. The fraction of sp³-hybridized carbons (Fsp3) is 0.875. The van der Waals surface area contributed by atoms with E-state index in [1.165, 1.54) is 0 Å². The molecule has 0 bridgehead atoms. The number of alkyl halides is 2. The highest BCUT2D eigenvalue weighted by Crippen LogP contribution is 2.13. The minimum Gasteiger partial charge on any atom is -0.344 e. The number of nitrogens with two attached hydrogens (primary N) is 1. The second-order valence-electron chi connectivity index (χ2n) is 2.98. The lowest BCUT2D eigenvalue weighted by atomic mass is 9.93. The van der Waals surface area contributed by atoms with E-state index in [1.54, 1.807) is 0 Å². The van der Waals surface area contributed by atoms with E-state index in [-0.39, 0.29) is 6.54 Å². The summed E-state index contributed by atoms with van der Waals surface area (Å²) in [4.78, 5) is 10.7. The van der Waals surface area contributed by atoms with Crippen LogP contribution in [0.3, 0.4) is 0 Å². The van der Waals surface area contributed by atoms with Crippen molar-refractivity contribution in [3.05, 3.63) is 0 Å². The van der Waals surface area contributed by atoms with Crippen LogP contribution in [0.15, 0.2) is 0 Å². The first-order valence-electron chi connectivity index (χ1n) is 4.31. The molecule has 3 N–H and O–H groups in total. The van der Waals surface area contributed by atoms with Crippen molar-refractivity contribution >= 4 is 5.91 Å². The lowest BCUT2D eigenvalue weighted by Crippen LogP contribution is -2.54. The maximum Gasteiger partial charge on any atom is 0.315 e. The molecule has 0 spiro atoms. The molecule has 78 valence electrons. The fourth-order valence-electron chi connectivity index (χ4n) is 1.08. The molecule has 0 aliphatic carbocycles. The number of carbonyl (C=O) groups excluding carboxylic acids is 1. The van der Waals surface area contributed by atoms with Gasteiger partial charge in [-0.15, -0.1) is 0 Å². The molecule has 0 radical (unpaired) electrons. The number of halogens is 2. The van der Waals surface area contributed by atoms with Crippen LogP contribution in [-0.4, -0.2) is 24.4 Å². The Morgan fingerprint density at radius 1 is 1.46 bits per heavy atom. The van der Waals surface area contributed by atoms with Gasteiger partial charge in [0, 0.05) is 6.54 Å². The summed E-state index contributed by atoms with van der Waals surface area (Å²) in [5.74, 6) is -1.24. The summed E-state index contributed by atoms with van der Waals surface area (Å²) < 4.78 is 23.8. The third-order valence-electron chi connectivity index (χ3n) is 2.33. The molecule has 0 unspecified atom stereocenters. The van der Waals surface area contributed by atoms with Gasteiger partial charge in [0.25, 0.3) is 5.91 Å². The van der Waals surface area contributed by atoms with Gasteiger partial charge in [0.2, 0.25) is 0 Å². The van der Waals surface area contributed by atoms with Gasteiger partial charge in [0.15, 0.2) is 0 Å². The molecular formula is C8H16F2N2O. The SMILES string of the molecule is CCC(CC)(CN)NC(=O)C(F)F. The Hall–Kier alpha value is -0.710. The monoisotopic (exact) mass is 194 g/mol. The molecule has 0 saturated carbocycles. The molecule has 0 heterocycles. The lowest BCUT2D eigenvalue weighted by molar-refractivity contribution is -0.133. The average Bonchev–Trinajstić information content (AvgIpc) is 2.14. The number of carbonyl (C=O) groups is 1. The molecule has 0 aliphatic rings. The van der Waals surface area contributed by atoms with E-state index in [0.29, 0.717) is 12.8 Å². The first kappa shape index (κ1) is 12.3. The molecule has 0 aromatic carbocycles. The minimum atomic E-state index is -2.97. The smallest absolute Gasteiger partial charge is 0.315 e. The van der Waals surface area contributed by atoms with Crippen LogP contribution < -0.4 is 11.1 Å². The zero-order chi connectivity index (χ0) is 10.5. The van der Waals surface area contributed by atoms with E-state index >= 15 is 0 Å². The zero-order valence-corrected chi connectivity index (χ0v) is 7.94. The van der Waals surface area contributed by atoms with Crippen LogP contribution in [0.1, 0.15) is 26.7 Å². The van der Waals surface area contributed by atoms with Gasteiger partial charge in [-0.2, -0.15) is 8.78 Å². The molecule has 0 aromatic heterocycles. The molecule has 0 atom stereocenters. The van der Waals surface area contributed by atoms with Crippen LogP contribution in [0.5, 0.6) is 0 Å². The summed E-state index contributed by atoms with van der Waals surface area (Å²) >= 11 is 0. The van der Waals surface area contributed by atoms with Crippen LogP contribution in [-0.2, 0) is 4.79 Å². The van der Waals surface area contributed by atoms with Gasteiger partial charge in [0.1, 0.15) is 0 Å². The van der Waals surface area contributed by atoms with Gasteiger partial charge in [-0.05, 0) is 12.8 Å². The predicted molar refractivity (Wildman–Crippen MR) is 46.5 cm³/mol. The minimum absolute atomic E-state index is 0.179. The highest BCUT2D eigenvalue weighted by Gasteiger charge is 2.29. The van der Waals surface area contributed by atoms with E-state index < -0.39 is 17.9 Å². The number of hydrogen-bond donors (Lipinski definition) is 2. The van der Waals surface area contributed by atoms with E-state index in [4.69, 9.17) is 5.73 Å². The number of hydrogen-bond acceptors (Lipinski definition) is 2. The average molecular weight is 194 g/mol. The van der Waals surface area contributed by atoms with Crippen molar-refractivity contribution in [1.82, 2.24) is 5.32 Å². The Bertz CT molecular complexity index is 161. The first-order valence-corrected chi connectivity index (χ1v) is 4.31. The third-order valence-corrected chi connectivity index (χ3v) is 2.33. The molecule has 0 saturated heterocycles. The van der Waals surface area contributed by atoms with Crippen molar-refractivity contribution in [2.45, 2.75) is 38.7 Å². The summed E-state index contributed by atoms with van der Waals surface area (Å²) in [5.41, 5.74) is 4.74. The summed E-state index contributed by atoms with van der Waals surface area (Å²) in [6.45, 7) is 3.79. The number of rotatable bonds is 5. The highest BCUT2D eigenvalue weighted by molar-refractivity contribution is 5.79. The molecule has 0 aliphatic heterocycles. The van der Waals surface area contributed by atoms with Crippen molar-refractivity contribution in [2.24, 2.45) is 5.73 Å². The van der Waals surface area contributed by atoms with Crippen LogP contribution in [0.4, 0.5) is 8.78 Å². The van der Waals surface area contributed by atoms with Crippen LogP contribution in [0, 0.1) is 0 Å². The maximum absolute atomic E-state index is 11.9. The second kappa shape index (κ2) is 5.11. The Kier molecular flexibility index (Phi) is 4.83. The van der Waals surface area contributed by atoms with E-state index in [9.17, 15) is 13.6 Å². The summed E-state index contributed by atoms with van der Waals surface area (Å²) in [5, 5.41) is 2.27. The van der Waals surface area contributed by atoms with Crippen LogP contribution >= 0.6 is 0 Å². The van der Waals surface area contributed by atoms with Gasteiger partial charge in [-0.1, -0.05) is 13.8 Å². The van der Waals surface area contributed by atoms with Gasteiger partial charge in [0.05, 0.1) is 5.54 Å². The van der Waals surface area contributed by atoms with Crippen molar-refractivity contribution in [3.63, 3.8) is 0 Å². The van der Waals surface area contributed by atoms with Crippen molar-refractivity contribution < 1.29 is 13.6 Å². The van der Waals surface area contributed by atoms with E-state index in [1.807, 2.05) is 13.8 Å². The Morgan fingerprint density at radius 2 is 1.92 bits per heavy atom. The van der Waals surface area contributed by atoms with Gasteiger partial charge >= 0.3 is 6.43 Å². The summed E-state index contributed by atoms with van der Waals surface area (Å²) in [7, 11) is 0. The standard InChI is InChI=1S/C8H16F2N2O/c1-3-8(4-2,5-11)12-7(13)6(9)10/h6H,3-5,11H2,1-2H3,(H,12,13). The molecule has 1 amide bonds. The fourth-order valence-corrected chi connectivity index (χ4v) is 1.08. The maximum atomic E-state index is 11.9. The summed E-state index contributed by atoms with van der Waals surface area (Å²) in [6.07, 6.45) is -1.86. The van der Waals surface area contributed by atoms with Crippen LogP contribution in [0.25, 0.3) is 0 Å². The molecule has 13 heavy (non-hydrogen) atoms. The van der Waals surface area contributed by atoms with Crippen molar-refractivity contribution in [2.75, 3.05) is 6.54 Å². The molecule has 0 rings (SSSR count). The number of nitrogens with one attached hydrogen (secondary N) is 1. The van der Waals surface area contributed by atoms with Gasteiger partial charge in [-0.25, -0.2) is 0 Å². The quantitative estimate of drug-likeness (QED) is 0.682. The summed E-state index contributed by atoms with van der Waals surface area (Å²) in [6, 6.07) is 0. The third kappa shape index (κ3) is 3.26. The first-order chi connectivity index (χ1) is 6.01. The Balaban J connectivity index is 4.33. The van der Waals surface area contributed by atoms with Gasteiger partial charge < -0.3 is 11.1 Å². The van der Waals surface area contributed by atoms with E-state index in [0.717, 1.165) is 0 Å². The molecule has 0 aromatic rings. The Labute approximate surface area is 76.7 Å². The molecule has 3 nitrogen and oxygen atoms in total. The lowest BCUT2D eigenvalue weighted by Gasteiger charge is -2.31. The van der Waals surface area contributed by atoms with Crippen molar-refractivity contribution in [3.8, 4) is 0 Å². The second-order valence-corrected chi connectivity index (χ2v) is 2.98. The van der Waals surface area contributed by atoms with E-state index in [2.05, 4.69) is 5.32 Å². The van der Waals surface area contributed by atoms with Crippen molar-refractivity contribution in [1.29, 1.82) is 0 Å².